The summed E-state index contributed by atoms with van der Waals surface area (Å²) < 4.78 is 5.80. The molecule has 0 spiro atoms. The van der Waals surface area contributed by atoms with Gasteiger partial charge in [-0.2, -0.15) is 0 Å². The molecule has 0 unspecified atom stereocenters. The molecule has 0 saturated heterocycles. The summed E-state index contributed by atoms with van der Waals surface area (Å²) in [5.74, 6) is -0.720. The Balaban J connectivity index is 2.58. The topological polar surface area (TPSA) is 96.9 Å². The van der Waals surface area contributed by atoms with E-state index in [0.717, 1.165) is 4.47 Å². The summed E-state index contributed by atoms with van der Waals surface area (Å²) >= 11 is 3.25. The highest BCUT2D eigenvalue weighted by Gasteiger charge is 2.08. The number of amides is 2. The summed E-state index contributed by atoms with van der Waals surface area (Å²) in [7, 11) is 1.47. The van der Waals surface area contributed by atoms with Crippen LogP contribution in [0.5, 0.6) is 5.75 Å². The third-order valence-corrected chi connectivity index (χ3v) is 2.26. The fraction of sp³-hybridized carbons (Fsp3) is 0.200. The number of urea groups is 1. The van der Waals surface area contributed by atoms with Crippen LogP contribution in [-0.4, -0.2) is 30.8 Å². The number of hydroxylamine groups is 1. The molecule has 0 aromatic heterocycles. The summed E-state index contributed by atoms with van der Waals surface area (Å²) in [6.07, 6.45) is 0. The van der Waals surface area contributed by atoms with Crippen LogP contribution in [-0.2, 0) is 9.63 Å². The summed E-state index contributed by atoms with van der Waals surface area (Å²) in [4.78, 5) is 25.9. The minimum Gasteiger partial charge on any atom is -0.495 e. The Morgan fingerprint density at radius 2 is 2.17 bits per heavy atom. The smallest absolute Gasteiger partial charge is 0.343 e. The Morgan fingerprint density at radius 3 is 2.78 bits per heavy atom. The quantitative estimate of drug-likeness (QED) is 0.716. The number of halogens is 1. The van der Waals surface area contributed by atoms with Gasteiger partial charge in [-0.25, -0.2) is 15.1 Å². The lowest BCUT2D eigenvalue weighted by Gasteiger charge is -2.10. The zero-order valence-electron chi connectivity index (χ0n) is 9.40. The minimum absolute atomic E-state index is 0.420. The van der Waals surface area contributed by atoms with Crippen molar-refractivity contribution in [3.63, 3.8) is 0 Å². The van der Waals surface area contributed by atoms with Gasteiger partial charge in [0.25, 0.3) is 0 Å². The van der Waals surface area contributed by atoms with Crippen molar-refractivity contribution in [2.45, 2.75) is 0 Å². The number of hydrogen-bond acceptors (Lipinski definition) is 4. The lowest BCUT2D eigenvalue weighted by molar-refractivity contribution is -0.143. The van der Waals surface area contributed by atoms with Gasteiger partial charge in [0.05, 0.1) is 12.8 Å². The number of carboxylic acid groups (broad SMARTS) is 1. The predicted molar refractivity (Wildman–Crippen MR) is 66.4 cm³/mol. The molecule has 0 atom stereocenters. The van der Waals surface area contributed by atoms with E-state index in [9.17, 15) is 9.59 Å². The second kappa shape index (κ2) is 6.82. The standard InChI is InChI=1S/C10H11BrN2O5/c1-17-8-3-2-6(11)4-7(8)12-10(16)13-18-5-9(14)15/h2-4H,5H2,1H3,(H,14,15)(H2,12,13,16). The zero-order chi connectivity index (χ0) is 13.5. The second-order valence-electron chi connectivity index (χ2n) is 3.08. The van der Waals surface area contributed by atoms with Gasteiger partial charge >= 0.3 is 12.0 Å². The molecule has 0 radical (unpaired) electrons. The van der Waals surface area contributed by atoms with Crippen molar-refractivity contribution in [1.82, 2.24) is 5.48 Å². The molecule has 1 aromatic carbocycles. The summed E-state index contributed by atoms with van der Waals surface area (Å²) in [6.45, 7) is -0.622. The van der Waals surface area contributed by atoms with Gasteiger partial charge in [0.2, 0.25) is 0 Å². The average Bonchev–Trinajstić information content (AvgIpc) is 2.28. The molecule has 0 aliphatic heterocycles. The molecule has 0 aliphatic carbocycles. The summed E-state index contributed by atoms with van der Waals surface area (Å²) in [5, 5.41) is 10.8. The van der Waals surface area contributed by atoms with Crippen molar-refractivity contribution in [3.8, 4) is 5.75 Å². The fourth-order valence-electron chi connectivity index (χ4n) is 1.09. The first kappa shape index (κ1) is 14.3. The van der Waals surface area contributed by atoms with Crippen LogP contribution in [0.25, 0.3) is 0 Å². The van der Waals surface area contributed by atoms with E-state index in [1.54, 1.807) is 18.2 Å². The van der Waals surface area contributed by atoms with Gasteiger partial charge in [0, 0.05) is 4.47 Å². The fourth-order valence-corrected chi connectivity index (χ4v) is 1.45. The number of carboxylic acids is 1. The summed E-state index contributed by atoms with van der Waals surface area (Å²) in [5.41, 5.74) is 2.35. The number of carbonyl (C=O) groups excluding carboxylic acids is 1. The van der Waals surface area contributed by atoms with Crippen LogP contribution in [0.3, 0.4) is 0 Å². The van der Waals surface area contributed by atoms with Gasteiger partial charge in [-0.1, -0.05) is 15.9 Å². The molecule has 0 saturated carbocycles. The molecule has 3 N–H and O–H groups in total. The van der Waals surface area contributed by atoms with E-state index in [1.165, 1.54) is 7.11 Å². The normalized spacial score (nSPS) is 9.67. The van der Waals surface area contributed by atoms with Crippen LogP contribution in [0.1, 0.15) is 0 Å². The largest absolute Gasteiger partial charge is 0.495 e. The number of ether oxygens (including phenoxy) is 1. The number of rotatable bonds is 5. The lowest BCUT2D eigenvalue weighted by Crippen LogP contribution is -2.30. The Bertz CT molecular complexity index is 452. The number of hydrogen-bond donors (Lipinski definition) is 3. The van der Waals surface area contributed by atoms with Gasteiger partial charge in [0.15, 0.2) is 6.61 Å². The second-order valence-corrected chi connectivity index (χ2v) is 4.00. The lowest BCUT2D eigenvalue weighted by atomic mass is 10.3. The van der Waals surface area contributed by atoms with Crippen LogP contribution in [0.15, 0.2) is 22.7 Å². The van der Waals surface area contributed by atoms with E-state index in [-0.39, 0.29) is 0 Å². The predicted octanol–water partition coefficient (Wildman–Crippen LogP) is 1.60. The first-order chi connectivity index (χ1) is 8.52. The highest BCUT2D eigenvalue weighted by atomic mass is 79.9. The minimum atomic E-state index is -1.18. The van der Waals surface area contributed by atoms with Crippen molar-refractivity contribution >= 4 is 33.6 Å². The van der Waals surface area contributed by atoms with E-state index < -0.39 is 18.6 Å². The highest BCUT2D eigenvalue weighted by Crippen LogP contribution is 2.27. The van der Waals surface area contributed by atoms with Crippen LogP contribution in [0.2, 0.25) is 0 Å². The van der Waals surface area contributed by atoms with Crippen molar-refractivity contribution < 1.29 is 24.3 Å². The molecule has 0 aliphatic rings. The third kappa shape index (κ3) is 4.60. The highest BCUT2D eigenvalue weighted by molar-refractivity contribution is 9.10. The van der Waals surface area contributed by atoms with Crippen LogP contribution in [0, 0.1) is 0 Å². The molecule has 8 heteroatoms. The van der Waals surface area contributed by atoms with Gasteiger partial charge in [-0.05, 0) is 18.2 Å². The molecular weight excluding hydrogens is 308 g/mol. The molecule has 0 bridgehead atoms. The first-order valence-electron chi connectivity index (χ1n) is 4.77. The Morgan fingerprint density at radius 1 is 1.44 bits per heavy atom. The number of methoxy groups -OCH3 is 1. The third-order valence-electron chi connectivity index (χ3n) is 1.77. The van der Waals surface area contributed by atoms with Gasteiger partial charge in [-0.3, -0.25) is 4.84 Å². The molecule has 0 heterocycles. The molecule has 2 amide bonds. The van der Waals surface area contributed by atoms with E-state index in [2.05, 4.69) is 26.1 Å². The average molecular weight is 319 g/mol. The maximum atomic E-state index is 11.4. The van der Waals surface area contributed by atoms with E-state index in [1.807, 2.05) is 5.48 Å². The molecular formula is C10H11BrN2O5. The molecule has 7 nitrogen and oxygen atoms in total. The number of carbonyl (C=O) groups is 2. The Hall–Kier alpha value is -1.80. The maximum absolute atomic E-state index is 11.4. The number of benzene rings is 1. The molecule has 1 aromatic rings. The first-order valence-corrected chi connectivity index (χ1v) is 5.56. The van der Waals surface area contributed by atoms with Crippen molar-refractivity contribution in [2.75, 3.05) is 19.0 Å². The zero-order valence-corrected chi connectivity index (χ0v) is 11.0. The van der Waals surface area contributed by atoms with Crippen LogP contribution in [0.4, 0.5) is 10.5 Å². The van der Waals surface area contributed by atoms with E-state index in [0.29, 0.717) is 11.4 Å². The van der Waals surface area contributed by atoms with Crippen molar-refractivity contribution in [1.29, 1.82) is 0 Å². The Labute approximate surface area is 111 Å². The number of nitrogens with one attached hydrogen (secondary N) is 2. The van der Waals surface area contributed by atoms with E-state index >= 15 is 0 Å². The van der Waals surface area contributed by atoms with Crippen LogP contribution < -0.4 is 15.5 Å². The van der Waals surface area contributed by atoms with Gasteiger partial charge in [0.1, 0.15) is 5.75 Å². The molecule has 18 heavy (non-hydrogen) atoms. The summed E-state index contributed by atoms with van der Waals surface area (Å²) in [6, 6.07) is 4.35. The Kier molecular flexibility index (Phi) is 5.40. The van der Waals surface area contributed by atoms with Crippen molar-refractivity contribution in [2.24, 2.45) is 0 Å². The van der Waals surface area contributed by atoms with E-state index in [4.69, 9.17) is 9.84 Å². The number of anilines is 1. The monoisotopic (exact) mass is 318 g/mol. The SMILES string of the molecule is COc1ccc(Br)cc1NC(=O)NOCC(=O)O. The molecule has 98 valence electrons. The maximum Gasteiger partial charge on any atom is 0.343 e. The van der Waals surface area contributed by atoms with Gasteiger partial charge in [-0.15, -0.1) is 0 Å². The molecule has 0 fully saturated rings. The van der Waals surface area contributed by atoms with Crippen molar-refractivity contribution in [3.05, 3.63) is 22.7 Å². The molecule has 1 rings (SSSR count). The van der Waals surface area contributed by atoms with Gasteiger partial charge < -0.3 is 15.2 Å². The number of aliphatic carboxylic acids is 1. The van der Waals surface area contributed by atoms with Crippen LogP contribution >= 0.6 is 15.9 Å².